The monoisotopic (exact) mass is 371 g/mol. The lowest BCUT2D eigenvalue weighted by Gasteiger charge is -2.19. The molecule has 2 aromatic carbocycles. The molecular formula is C17H16Cl3NO2. The molecule has 122 valence electrons. The van der Waals surface area contributed by atoms with Gasteiger partial charge in [-0.1, -0.05) is 40.9 Å². The first-order chi connectivity index (χ1) is 10.9. The summed E-state index contributed by atoms with van der Waals surface area (Å²) in [5.74, 6) is 0.661. The second kappa shape index (κ2) is 7.91. The van der Waals surface area contributed by atoms with Gasteiger partial charge in [-0.25, -0.2) is 0 Å². The average molecular weight is 373 g/mol. The van der Waals surface area contributed by atoms with E-state index < -0.39 is 0 Å². The van der Waals surface area contributed by atoms with Crippen molar-refractivity contribution in [3.05, 3.63) is 62.6 Å². The molecule has 0 fully saturated rings. The highest BCUT2D eigenvalue weighted by Crippen LogP contribution is 2.25. The number of halogens is 3. The molecule has 0 unspecified atom stereocenters. The van der Waals surface area contributed by atoms with Gasteiger partial charge in [-0.3, -0.25) is 4.79 Å². The predicted octanol–water partition coefficient (Wildman–Crippen LogP) is 4.86. The molecule has 0 saturated heterocycles. The number of hydrogen-bond donors (Lipinski definition) is 0. The van der Waals surface area contributed by atoms with Gasteiger partial charge in [0, 0.05) is 24.2 Å². The van der Waals surface area contributed by atoms with Crippen molar-refractivity contribution in [1.82, 2.24) is 4.90 Å². The van der Waals surface area contributed by atoms with Crippen molar-refractivity contribution < 1.29 is 9.53 Å². The SMILES string of the molecule is COc1ccc(Cl)cc1CN(C)C(=O)Cc1ccc(Cl)c(Cl)c1. The van der Waals surface area contributed by atoms with Crippen molar-refractivity contribution in [3.8, 4) is 5.75 Å². The van der Waals surface area contributed by atoms with Crippen LogP contribution in [-0.2, 0) is 17.8 Å². The standard InChI is InChI=1S/C17H16Cl3NO2/c1-21(10-12-9-13(18)4-6-16(12)23-2)17(22)8-11-3-5-14(19)15(20)7-11/h3-7,9H,8,10H2,1-2H3. The van der Waals surface area contributed by atoms with Gasteiger partial charge in [-0.15, -0.1) is 0 Å². The minimum absolute atomic E-state index is 0.0367. The normalized spacial score (nSPS) is 10.5. The lowest BCUT2D eigenvalue weighted by atomic mass is 10.1. The van der Waals surface area contributed by atoms with Crippen LogP contribution in [0.2, 0.25) is 15.1 Å². The minimum atomic E-state index is -0.0367. The van der Waals surface area contributed by atoms with Crippen LogP contribution >= 0.6 is 34.8 Å². The molecule has 23 heavy (non-hydrogen) atoms. The van der Waals surface area contributed by atoms with E-state index in [4.69, 9.17) is 39.5 Å². The minimum Gasteiger partial charge on any atom is -0.496 e. The smallest absolute Gasteiger partial charge is 0.227 e. The molecule has 0 atom stereocenters. The van der Waals surface area contributed by atoms with E-state index in [0.717, 1.165) is 11.1 Å². The molecular weight excluding hydrogens is 357 g/mol. The third kappa shape index (κ3) is 4.77. The predicted molar refractivity (Wildman–Crippen MR) is 94.6 cm³/mol. The summed E-state index contributed by atoms with van der Waals surface area (Å²) in [5, 5.41) is 1.52. The van der Waals surface area contributed by atoms with Crippen molar-refractivity contribution in [2.45, 2.75) is 13.0 Å². The molecule has 3 nitrogen and oxygen atoms in total. The van der Waals surface area contributed by atoms with Crippen LogP contribution in [0.1, 0.15) is 11.1 Å². The highest BCUT2D eigenvalue weighted by Gasteiger charge is 2.14. The van der Waals surface area contributed by atoms with E-state index in [9.17, 15) is 4.79 Å². The van der Waals surface area contributed by atoms with Gasteiger partial charge in [0.2, 0.25) is 5.91 Å². The first kappa shape index (κ1) is 17.9. The first-order valence-electron chi connectivity index (χ1n) is 6.91. The van der Waals surface area contributed by atoms with Gasteiger partial charge in [0.05, 0.1) is 23.6 Å². The number of benzene rings is 2. The van der Waals surface area contributed by atoms with Gasteiger partial charge in [0.25, 0.3) is 0 Å². The molecule has 0 radical (unpaired) electrons. The summed E-state index contributed by atoms with van der Waals surface area (Å²) in [5.41, 5.74) is 1.67. The van der Waals surface area contributed by atoms with E-state index >= 15 is 0 Å². The van der Waals surface area contributed by atoms with Crippen molar-refractivity contribution >= 4 is 40.7 Å². The topological polar surface area (TPSA) is 29.5 Å². The second-order valence-electron chi connectivity index (χ2n) is 5.13. The number of nitrogens with zero attached hydrogens (tertiary/aromatic N) is 1. The van der Waals surface area contributed by atoms with E-state index in [0.29, 0.717) is 27.4 Å². The maximum absolute atomic E-state index is 12.4. The molecule has 0 saturated carbocycles. The van der Waals surface area contributed by atoms with E-state index in [-0.39, 0.29) is 12.3 Å². The molecule has 1 amide bonds. The summed E-state index contributed by atoms with van der Waals surface area (Å²) in [6.45, 7) is 0.407. The Bertz CT molecular complexity index is 719. The summed E-state index contributed by atoms with van der Waals surface area (Å²) in [6.07, 6.45) is 0.246. The number of amides is 1. The van der Waals surface area contributed by atoms with Crippen molar-refractivity contribution in [2.24, 2.45) is 0 Å². The molecule has 0 aliphatic heterocycles. The fraction of sp³-hybridized carbons (Fsp3) is 0.235. The number of rotatable bonds is 5. The Morgan fingerprint density at radius 1 is 1.09 bits per heavy atom. The number of likely N-dealkylation sites (N-methyl/N-ethyl adjacent to an activating group) is 1. The van der Waals surface area contributed by atoms with Crippen LogP contribution in [0.4, 0.5) is 0 Å². The molecule has 6 heteroatoms. The maximum atomic E-state index is 12.4. The van der Waals surface area contributed by atoms with Crippen LogP contribution in [0.5, 0.6) is 5.75 Å². The second-order valence-corrected chi connectivity index (χ2v) is 6.38. The third-order valence-electron chi connectivity index (χ3n) is 3.42. The number of carbonyl (C=O) groups is 1. The molecule has 0 aliphatic carbocycles. The van der Waals surface area contributed by atoms with Crippen LogP contribution in [0.3, 0.4) is 0 Å². The Balaban J connectivity index is 2.08. The number of methoxy groups -OCH3 is 1. The van der Waals surface area contributed by atoms with E-state index in [1.807, 2.05) is 0 Å². The van der Waals surface area contributed by atoms with Gasteiger partial charge in [-0.2, -0.15) is 0 Å². The molecule has 2 rings (SSSR count). The molecule has 0 spiro atoms. The Morgan fingerprint density at radius 3 is 2.48 bits per heavy atom. The molecule has 0 N–H and O–H groups in total. The number of carbonyl (C=O) groups excluding carboxylic acids is 1. The number of hydrogen-bond acceptors (Lipinski definition) is 2. The summed E-state index contributed by atoms with van der Waals surface area (Å²) in [6, 6.07) is 10.5. The maximum Gasteiger partial charge on any atom is 0.227 e. The summed E-state index contributed by atoms with van der Waals surface area (Å²) >= 11 is 17.9. The average Bonchev–Trinajstić information content (AvgIpc) is 2.51. The number of ether oxygens (including phenoxy) is 1. The fourth-order valence-electron chi connectivity index (χ4n) is 2.17. The zero-order valence-electron chi connectivity index (χ0n) is 12.8. The largest absolute Gasteiger partial charge is 0.496 e. The zero-order valence-corrected chi connectivity index (χ0v) is 15.0. The Labute approximate surface area is 150 Å². The summed E-state index contributed by atoms with van der Waals surface area (Å²) in [4.78, 5) is 14.0. The van der Waals surface area contributed by atoms with Crippen LogP contribution in [-0.4, -0.2) is 25.0 Å². The summed E-state index contributed by atoms with van der Waals surface area (Å²) in [7, 11) is 3.32. The third-order valence-corrected chi connectivity index (χ3v) is 4.39. The van der Waals surface area contributed by atoms with Gasteiger partial charge >= 0.3 is 0 Å². The quantitative estimate of drug-likeness (QED) is 0.750. The Kier molecular flexibility index (Phi) is 6.17. The molecule has 0 bridgehead atoms. The van der Waals surface area contributed by atoms with E-state index in [1.165, 1.54) is 0 Å². The highest BCUT2D eigenvalue weighted by molar-refractivity contribution is 6.42. The zero-order chi connectivity index (χ0) is 17.0. The molecule has 2 aromatic rings. The van der Waals surface area contributed by atoms with Crippen LogP contribution < -0.4 is 4.74 Å². The highest BCUT2D eigenvalue weighted by atomic mass is 35.5. The van der Waals surface area contributed by atoms with Gasteiger partial charge in [0.1, 0.15) is 5.75 Å². The van der Waals surface area contributed by atoms with Crippen LogP contribution in [0, 0.1) is 0 Å². The van der Waals surface area contributed by atoms with Crippen molar-refractivity contribution in [1.29, 1.82) is 0 Å². The van der Waals surface area contributed by atoms with E-state index in [1.54, 1.807) is 55.5 Å². The fourth-order valence-corrected chi connectivity index (χ4v) is 2.69. The van der Waals surface area contributed by atoms with Gasteiger partial charge in [0.15, 0.2) is 0 Å². The van der Waals surface area contributed by atoms with Crippen LogP contribution in [0.25, 0.3) is 0 Å². The lowest BCUT2D eigenvalue weighted by molar-refractivity contribution is -0.129. The lowest BCUT2D eigenvalue weighted by Crippen LogP contribution is -2.27. The van der Waals surface area contributed by atoms with Gasteiger partial charge in [-0.05, 0) is 35.9 Å². The molecule has 0 heterocycles. The first-order valence-corrected chi connectivity index (χ1v) is 8.04. The Hall–Kier alpha value is -1.42. The van der Waals surface area contributed by atoms with Gasteiger partial charge < -0.3 is 9.64 Å². The molecule has 0 aliphatic rings. The Morgan fingerprint density at radius 2 is 1.83 bits per heavy atom. The summed E-state index contributed by atoms with van der Waals surface area (Å²) < 4.78 is 5.30. The van der Waals surface area contributed by atoms with Crippen molar-refractivity contribution in [2.75, 3.05) is 14.2 Å². The van der Waals surface area contributed by atoms with Crippen LogP contribution in [0.15, 0.2) is 36.4 Å². The van der Waals surface area contributed by atoms with E-state index in [2.05, 4.69) is 0 Å². The van der Waals surface area contributed by atoms with Crippen molar-refractivity contribution in [3.63, 3.8) is 0 Å². The molecule has 0 aromatic heterocycles.